The molecule has 0 unspecified atom stereocenters. The third-order valence-electron chi connectivity index (χ3n) is 2.35. The number of nitrogens with zero attached hydrogens (tertiary/aromatic N) is 2. The maximum absolute atomic E-state index is 11.8. The summed E-state index contributed by atoms with van der Waals surface area (Å²) in [6, 6.07) is 6.99. The minimum atomic E-state index is -0.151. The lowest BCUT2D eigenvalue weighted by Gasteiger charge is -2.03. The first-order chi connectivity index (χ1) is 9.54. The van der Waals surface area contributed by atoms with E-state index in [2.05, 4.69) is 15.5 Å². The van der Waals surface area contributed by atoms with Gasteiger partial charge in [0.25, 0.3) is 5.22 Å². The summed E-state index contributed by atoms with van der Waals surface area (Å²) in [5.41, 5.74) is 0.663. The number of amides is 1. The van der Waals surface area contributed by atoms with Crippen molar-refractivity contribution < 1.29 is 9.21 Å². The first-order valence-corrected chi connectivity index (χ1v) is 7.42. The van der Waals surface area contributed by atoms with Crippen molar-refractivity contribution >= 4 is 35.0 Å². The SMILES string of the molecule is CC(C)c1nnc(SCC(=O)Nc2cccc(Cl)c2)o1. The Labute approximate surface area is 126 Å². The first-order valence-electron chi connectivity index (χ1n) is 6.06. The summed E-state index contributed by atoms with van der Waals surface area (Å²) in [6.07, 6.45) is 0. The van der Waals surface area contributed by atoms with E-state index < -0.39 is 0 Å². The molecule has 5 nitrogen and oxygen atoms in total. The Kier molecular flexibility index (Phi) is 5.03. The number of rotatable bonds is 5. The molecule has 1 heterocycles. The van der Waals surface area contributed by atoms with Gasteiger partial charge in [0.15, 0.2) is 0 Å². The highest BCUT2D eigenvalue weighted by atomic mass is 35.5. The third-order valence-corrected chi connectivity index (χ3v) is 3.40. The molecule has 0 spiro atoms. The Morgan fingerprint density at radius 3 is 2.90 bits per heavy atom. The molecule has 7 heteroatoms. The van der Waals surface area contributed by atoms with Gasteiger partial charge in [-0.2, -0.15) is 0 Å². The molecule has 0 fully saturated rings. The molecule has 0 aliphatic carbocycles. The van der Waals surface area contributed by atoms with Gasteiger partial charge in [0.05, 0.1) is 5.75 Å². The van der Waals surface area contributed by atoms with Gasteiger partial charge in [-0.1, -0.05) is 43.3 Å². The quantitative estimate of drug-likeness (QED) is 0.855. The van der Waals surface area contributed by atoms with Crippen molar-refractivity contribution in [3.05, 3.63) is 35.2 Å². The maximum Gasteiger partial charge on any atom is 0.277 e. The zero-order valence-corrected chi connectivity index (χ0v) is 12.7. The van der Waals surface area contributed by atoms with Crippen molar-refractivity contribution in [2.75, 3.05) is 11.1 Å². The molecule has 0 saturated heterocycles. The van der Waals surface area contributed by atoms with Crippen LogP contribution in [0.2, 0.25) is 5.02 Å². The Bertz CT molecular complexity index is 601. The van der Waals surface area contributed by atoms with Gasteiger partial charge < -0.3 is 9.73 Å². The normalized spacial score (nSPS) is 10.8. The lowest BCUT2D eigenvalue weighted by Crippen LogP contribution is -2.13. The molecular formula is C13H14ClN3O2S. The molecule has 20 heavy (non-hydrogen) atoms. The molecule has 0 aliphatic heterocycles. The summed E-state index contributed by atoms with van der Waals surface area (Å²) in [6.45, 7) is 3.93. The number of thioether (sulfide) groups is 1. The standard InChI is InChI=1S/C13H14ClN3O2S/c1-8(2)12-16-17-13(19-12)20-7-11(18)15-10-5-3-4-9(14)6-10/h3-6,8H,7H2,1-2H3,(H,15,18). The van der Waals surface area contributed by atoms with E-state index in [0.29, 0.717) is 21.8 Å². The molecule has 0 aliphatic rings. The maximum atomic E-state index is 11.8. The summed E-state index contributed by atoms with van der Waals surface area (Å²) in [5.74, 6) is 0.799. The lowest BCUT2D eigenvalue weighted by molar-refractivity contribution is -0.113. The number of carbonyl (C=O) groups excluding carboxylic acids is 1. The van der Waals surface area contributed by atoms with Crippen LogP contribution >= 0.6 is 23.4 Å². The van der Waals surface area contributed by atoms with Gasteiger partial charge in [-0.15, -0.1) is 10.2 Å². The summed E-state index contributed by atoms with van der Waals surface area (Å²) in [4.78, 5) is 11.8. The van der Waals surface area contributed by atoms with E-state index in [-0.39, 0.29) is 17.6 Å². The molecule has 1 aromatic carbocycles. The van der Waals surface area contributed by atoms with E-state index in [4.69, 9.17) is 16.0 Å². The molecular weight excluding hydrogens is 298 g/mol. The molecule has 1 N–H and O–H groups in total. The fourth-order valence-electron chi connectivity index (χ4n) is 1.40. The van der Waals surface area contributed by atoms with E-state index in [9.17, 15) is 4.79 Å². The van der Waals surface area contributed by atoms with Gasteiger partial charge in [-0.25, -0.2) is 0 Å². The Hall–Kier alpha value is -1.53. The van der Waals surface area contributed by atoms with Crippen LogP contribution in [0.1, 0.15) is 25.7 Å². The fourth-order valence-corrected chi connectivity index (χ4v) is 2.16. The number of hydrogen-bond donors (Lipinski definition) is 1. The Balaban J connectivity index is 1.85. The topological polar surface area (TPSA) is 68.0 Å². The van der Waals surface area contributed by atoms with Crippen molar-refractivity contribution in [1.29, 1.82) is 0 Å². The minimum absolute atomic E-state index is 0.151. The van der Waals surface area contributed by atoms with Crippen molar-refractivity contribution in [2.45, 2.75) is 25.0 Å². The van der Waals surface area contributed by atoms with E-state index in [1.807, 2.05) is 13.8 Å². The van der Waals surface area contributed by atoms with Crippen molar-refractivity contribution in [3.8, 4) is 0 Å². The molecule has 2 rings (SSSR count). The van der Waals surface area contributed by atoms with E-state index in [0.717, 1.165) is 0 Å². The molecule has 0 saturated carbocycles. The molecule has 0 atom stereocenters. The molecule has 1 aromatic heterocycles. The van der Waals surface area contributed by atoms with Crippen molar-refractivity contribution in [3.63, 3.8) is 0 Å². The number of benzene rings is 1. The van der Waals surface area contributed by atoms with Crippen molar-refractivity contribution in [1.82, 2.24) is 10.2 Å². The van der Waals surface area contributed by atoms with Crippen LogP contribution in [-0.2, 0) is 4.79 Å². The second-order valence-electron chi connectivity index (χ2n) is 4.41. The van der Waals surface area contributed by atoms with Gasteiger partial charge in [0.1, 0.15) is 0 Å². The zero-order chi connectivity index (χ0) is 14.5. The second kappa shape index (κ2) is 6.76. The Morgan fingerprint density at radius 2 is 2.25 bits per heavy atom. The van der Waals surface area contributed by atoms with Crippen molar-refractivity contribution in [2.24, 2.45) is 0 Å². The highest BCUT2D eigenvalue weighted by Gasteiger charge is 2.12. The summed E-state index contributed by atoms with van der Waals surface area (Å²) in [7, 11) is 0. The van der Waals surface area contributed by atoms with Crippen LogP contribution in [0.15, 0.2) is 33.9 Å². The average Bonchev–Trinajstić information content (AvgIpc) is 2.85. The number of carbonyl (C=O) groups is 1. The van der Waals surface area contributed by atoms with Crippen LogP contribution in [0, 0.1) is 0 Å². The smallest absolute Gasteiger partial charge is 0.277 e. The van der Waals surface area contributed by atoms with Gasteiger partial charge in [0, 0.05) is 16.6 Å². The van der Waals surface area contributed by atoms with E-state index in [1.165, 1.54) is 11.8 Å². The zero-order valence-electron chi connectivity index (χ0n) is 11.1. The van der Waals surface area contributed by atoms with Crippen LogP contribution in [-0.4, -0.2) is 21.9 Å². The predicted molar refractivity (Wildman–Crippen MR) is 79.2 cm³/mol. The first kappa shape index (κ1) is 14.9. The average molecular weight is 312 g/mol. The highest BCUT2D eigenvalue weighted by molar-refractivity contribution is 7.99. The third kappa shape index (κ3) is 4.25. The van der Waals surface area contributed by atoms with Crippen LogP contribution in [0.3, 0.4) is 0 Å². The van der Waals surface area contributed by atoms with Gasteiger partial charge in [-0.3, -0.25) is 4.79 Å². The van der Waals surface area contributed by atoms with Crippen LogP contribution in [0.5, 0.6) is 0 Å². The molecule has 106 valence electrons. The van der Waals surface area contributed by atoms with Crippen LogP contribution in [0.25, 0.3) is 0 Å². The second-order valence-corrected chi connectivity index (χ2v) is 5.77. The summed E-state index contributed by atoms with van der Waals surface area (Å²) in [5, 5.41) is 11.5. The van der Waals surface area contributed by atoms with Gasteiger partial charge >= 0.3 is 0 Å². The Morgan fingerprint density at radius 1 is 1.45 bits per heavy atom. The fraction of sp³-hybridized carbons (Fsp3) is 0.308. The molecule has 2 aromatic rings. The largest absolute Gasteiger partial charge is 0.416 e. The van der Waals surface area contributed by atoms with Gasteiger partial charge in [0.2, 0.25) is 11.8 Å². The van der Waals surface area contributed by atoms with E-state index >= 15 is 0 Å². The number of hydrogen-bond acceptors (Lipinski definition) is 5. The molecule has 0 radical (unpaired) electrons. The number of anilines is 1. The number of aromatic nitrogens is 2. The van der Waals surface area contributed by atoms with Crippen LogP contribution < -0.4 is 5.32 Å². The van der Waals surface area contributed by atoms with Gasteiger partial charge in [-0.05, 0) is 18.2 Å². The monoisotopic (exact) mass is 311 g/mol. The molecule has 0 bridgehead atoms. The lowest BCUT2D eigenvalue weighted by atomic mass is 10.2. The number of nitrogens with one attached hydrogen (secondary N) is 1. The van der Waals surface area contributed by atoms with E-state index in [1.54, 1.807) is 24.3 Å². The number of halogens is 1. The molecule has 1 amide bonds. The summed E-state index contributed by atoms with van der Waals surface area (Å²) < 4.78 is 5.40. The highest BCUT2D eigenvalue weighted by Crippen LogP contribution is 2.21. The van der Waals surface area contributed by atoms with Crippen LogP contribution in [0.4, 0.5) is 5.69 Å². The minimum Gasteiger partial charge on any atom is -0.416 e. The summed E-state index contributed by atoms with van der Waals surface area (Å²) >= 11 is 7.05. The predicted octanol–water partition coefficient (Wildman–Crippen LogP) is 3.58.